The fraction of sp³-hybridized carbons (Fsp3) is 0.0714. The molecule has 2 aromatic carbocycles. The molecule has 86 valence electrons. The summed E-state index contributed by atoms with van der Waals surface area (Å²) in [6, 6.07) is 13.4. The van der Waals surface area contributed by atoms with Gasteiger partial charge in [-0.3, -0.25) is 0 Å². The molecule has 0 aliphatic carbocycles. The van der Waals surface area contributed by atoms with Gasteiger partial charge in [-0.1, -0.05) is 36.4 Å². The summed E-state index contributed by atoms with van der Waals surface area (Å²) in [5.41, 5.74) is 1.76. The first kappa shape index (κ1) is 11.3. The number of hydrogen-bond donors (Lipinski definition) is 0. The Morgan fingerprint density at radius 2 is 1.82 bits per heavy atom. The topological polar surface area (TPSA) is 26.3 Å². The molecule has 0 fully saturated rings. The van der Waals surface area contributed by atoms with E-state index >= 15 is 0 Å². The van der Waals surface area contributed by atoms with E-state index in [1.165, 1.54) is 19.2 Å². The summed E-state index contributed by atoms with van der Waals surface area (Å²) in [5, 5.41) is 0. The smallest absolute Gasteiger partial charge is 0.338 e. The molecule has 0 atom stereocenters. The Kier molecular flexibility index (Phi) is 3.19. The summed E-state index contributed by atoms with van der Waals surface area (Å²) in [4.78, 5) is 11.6. The number of methoxy groups -OCH3 is 1. The Balaban J connectivity index is 2.58. The van der Waals surface area contributed by atoms with Crippen molar-refractivity contribution in [2.24, 2.45) is 0 Å². The van der Waals surface area contributed by atoms with Crippen LogP contribution in [0.3, 0.4) is 0 Å². The first-order chi connectivity index (χ1) is 8.22. The summed E-state index contributed by atoms with van der Waals surface area (Å²) in [5.74, 6) is -0.992. The second-order valence-electron chi connectivity index (χ2n) is 3.55. The quantitative estimate of drug-likeness (QED) is 0.740. The van der Waals surface area contributed by atoms with Crippen LogP contribution >= 0.6 is 0 Å². The highest BCUT2D eigenvalue weighted by Crippen LogP contribution is 2.24. The molecule has 17 heavy (non-hydrogen) atoms. The summed E-state index contributed by atoms with van der Waals surface area (Å²) >= 11 is 0. The molecule has 2 nitrogen and oxygen atoms in total. The molecule has 3 heteroatoms. The molecule has 0 radical (unpaired) electrons. The van der Waals surface area contributed by atoms with E-state index in [0.717, 1.165) is 5.56 Å². The molecule has 0 saturated heterocycles. The predicted molar refractivity (Wildman–Crippen MR) is 63.2 cm³/mol. The van der Waals surface area contributed by atoms with E-state index in [4.69, 9.17) is 0 Å². The highest BCUT2D eigenvalue weighted by Gasteiger charge is 2.13. The minimum atomic E-state index is -0.539. The van der Waals surface area contributed by atoms with Gasteiger partial charge in [-0.05, 0) is 23.3 Å². The number of ether oxygens (including phenoxy) is 1. The average molecular weight is 230 g/mol. The number of benzene rings is 2. The van der Waals surface area contributed by atoms with Crippen molar-refractivity contribution in [3.63, 3.8) is 0 Å². The first-order valence-electron chi connectivity index (χ1n) is 5.15. The molecular weight excluding hydrogens is 219 g/mol. The third-order valence-electron chi connectivity index (χ3n) is 2.47. The lowest BCUT2D eigenvalue weighted by Gasteiger charge is -2.08. The summed E-state index contributed by atoms with van der Waals surface area (Å²) < 4.78 is 17.8. The number of esters is 1. The Labute approximate surface area is 98.7 Å². The molecule has 0 aliphatic heterocycles. The maximum Gasteiger partial charge on any atom is 0.338 e. The van der Waals surface area contributed by atoms with Crippen LogP contribution in [0.15, 0.2) is 48.5 Å². The highest BCUT2D eigenvalue weighted by molar-refractivity contribution is 5.97. The van der Waals surface area contributed by atoms with Gasteiger partial charge in [0.15, 0.2) is 0 Å². The predicted octanol–water partition coefficient (Wildman–Crippen LogP) is 3.28. The number of carbonyl (C=O) groups is 1. The van der Waals surface area contributed by atoms with Crippen LogP contribution < -0.4 is 0 Å². The van der Waals surface area contributed by atoms with Gasteiger partial charge in [-0.25, -0.2) is 9.18 Å². The Hall–Kier alpha value is -2.16. The molecule has 0 saturated carbocycles. The Morgan fingerprint density at radius 3 is 2.47 bits per heavy atom. The van der Waals surface area contributed by atoms with Gasteiger partial charge in [0.25, 0.3) is 0 Å². The fourth-order valence-electron chi connectivity index (χ4n) is 1.66. The van der Waals surface area contributed by atoms with Crippen LogP contribution in [-0.2, 0) is 4.74 Å². The second kappa shape index (κ2) is 4.78. The lowest BCUT2D eigenvalue weighted by atomic mass is 10.00. The highest BCUT2D eigenvalue weighted by atomic mass is 19.1. The van der Waals surface area contributed by atoms with Crippen LogP contribution in [0.25, 0.3) is 11.1 Å². The van der Waals surface area contributed by atoms with Crippen LogP contribution in [0.2, 0.25) is 0 Å². The Bertz CT molecular complexity index is 535. The van der Waals surface area contributed by atoms with Crippen molar-refractivity contribution >= 4 is 5.97 Å². The van der Waals surface area contributed by atoms with Crippen molar-refractivity contribution in [2.45, 2.75) is 0 Å². The van der Waals surface area contributed by atoms with Crippen molar-refractivity contribution < 1.29 is 13.9 Å². The zero-order valence-electron chi connectivity index (χ0n) is 9.31. The van der Waals surface area contributed by atoms with E-state index in [1.807, 2.05) is 30.3 Å². The summed E-state index contributed by atoms with van der Waals surface area (Å²) in [6.07, 6.45) is 0. The van der Waals surface area contributed by atoms with Crippen molar-refractivity contribution in [1.29, 1.82) is 0 Å². The van der Waals surface area contributed by atoms with Crippen molar-refractivity contribution in [3.8, 4) is 11.1 Å². The number of rotatable bonds is 2. The molecular formula is C14H11FO2. The van der Waals surface area contributed by atoms with Crippen LogP contribution in [0.4, 0.5) is 4.39 Å². The summed E-state index contributed by atoms with van der Waals surface area (Å²) in [6.45, 7) is 0. The molecule has 0 amide bonds. The van der Waals surface area contributed by atoms with Gasteiger partial charge < -0.3 is 4.74 Å². The summed E-state index contributed by atoms with van der Waals surface area (Å²) in [7, 11) is 1.28. The third-order valence-corrected chi connectivity index (χ3v) is 2.47. The van der Waals surface area contributed by atoms with E-state index < -0.39 is 11.8 Å². The minimum Gasteiger partial charge on any atom is -0.465 e. The van der Waals surface area contributed by atoms with Crippen LogP contribution in [0.1, 0.15) is 10.4 Å². The number of halogens is 1. The Morgan fingerprint density at radius 1 is 1.12 bits per heavy atom. The molecule has 0 aromatic heterocycles. The standard InChI is InChI=1S/C14H11FO2/c1-17-14(16)13-9-11(15)7-8-12(13)10-5-3-2-4-6-10/h2-9H,1H3. The number of hydrogen-bond acceptors (Lipinski definition) is 2. The zero-order chi connectivity index (χ0) is 12.3. The first-order valence-corrected chi connectivity index (χ1v) is 5.15. The van der Waals surface area contributed by atoms with E-state index in [9.17, 15) is 9.18 Å². The van der Waals surface area contributed by atoms with Crippen LogP contribution in [-0.4, -0.2) is 13.1 Å². The fourth-order valence-corrected chi connectivity index (χ4v) is 1.66. The van der Waals surface area contributed by atoms with Gasteiger partial charge in [0.05, 0.1) is 12.7 Å². The third kappa shape index (κ3) is 2.33. The maximum atomic E-state index is 13.2. The van der Waals surface area contributed by atoms with Crippen molar-refractivity contribution in [2.75, 3.05) is 7.11 Å². The largest absolute Gasteiger partial charge is 0.465 e. The van der Waals surface area contributed by atoms with Crippen LogP contribution in [0.5, 0.6) is 0 Å². The second-order valence-corrected chi connectivity index (χ2v) is 3.55. The van der Waals surface area contributed by atoms with Crippen LogP contribution in [0, 0.1) is 5.82 Å². The molecule has 2 rings (SSSR count). The lowest BCUT2D eigenvalue weighted by molar-refractivity contribution is 0.0601. The molecule has 0 spiro atoms. The molecule has 2 aromatic rings. The van der Waals surface area contributed by atoms with Gasteiger partial charge in [0.2, 0.25) is 0 Å². The van der Waals surface area contributed by atoms with E-state index in [2.05, 4.69) is 4.74 Å². The van der Waals surface area contributed by atoms with E-state index in [1.54, 1.807) is 6.07 Å². The molecule has 0 N–H and O–H groups in total. The van der Waals surface area contributed by atoms with E-state index in [-0.39, 0.29) is 5.56 Å². The zero-order valence-corrected chi connectivity index (χ0v) is 9.31. The van der Waals surface area contributed by atoms with Gasteiger partial charge in [0.1, 0.15) is 5.82 Å². The normalized spacial score (nSPS) is 10.0. The van der Waals surface area contributed by atoms with Crippen molar-refractivity contribution in [3.05, 3.63) is 59.9 Å². The molecule has 0 heterocycles. The molecule has 0 unspecified atom stereocenters. The van der Waals surface area contributed by atoms with Gasteiger partial charge in [0, 0.05) is 0 Å². The molecule has 0 aliphatic rings. The van der Waals surface area contributed by atoms with Crippen molar-refractivity contribution in [1.82, 2.24) is 0 Å². The van der Waals surface area contributed by atoms with Gasteiger partial charge in [-0.2, -0.15) is 0 Å². The molecule has 0 bridgehead atoms. The van der Waals surface area contributed by atoms with Gasteiger partial charge in [-0.15, -0.1) is 0 Å². The van der Waals surface area contributed by atoms with E-state index in [0.29, 0.717) is 5.56 Å². The lowest BCUT2D eigenvalue weighted by Crippen LogP contribution is -2.04. The van der Waals surface area contributed by atoms with Gasteiger partial charge >= 0.3 is 5.97 Å². The monoisotopic (exact) mass is 230 g/mol. The number of carbonyl (C=O) groups excluding carboxylic acids is 1. The SMILES string of the molecule is COC(=O)c1cc(F)ccc1-c1ccccc1. The average Bonchev–Trinajstić information content (AvgIpc) is 2.38. The maximum absolute atomic E-state index is 13.2. The minimum absolute atomic E-state index is 0.235.